The lowest BCUT2D eigenvalue weighted by Crippen LogP contribution is -2.15. The van der Waals surface area contributed by atoms with E-state index < -0.39 is 0 Å². The van der Waals surface area contributed by atoms with Crippen molar-refractivity contribution >= 4 is 87.2 Å². The first-order chi connectivity index (χ1) is 43.1. The van der Waals surface area contributed by atoms with Gasteiger partial charge in [0.1, 0.15) is 11.6 Å². The summed E-state index contributed by atoms with van der Waals surface area (Å²) in [6, 6.07) is 59.3. The number of benzene rings is 9. The number of nitriles is 1. The van der Waals surface area contributed by atoms with E-state index in [1.165, 1.54) is 44.5 Å². The maximum Gasteiger partial charge on any atom is 0.104 e. The zero-order chi connectivity index (χ0) is 67.3. The summed E-state index contributed by atoms with van der Waals surface area (Å²) in [5.41, 5.74) is 19.4. The number of nitrogens with zero attached hydrogens (tertiary/aromatic N) is 5. The zero-order valence-corrected chi connectivity index (χ0v) is 59.6. The highest BCUT2D eigenvalue weighted by atomic mass is 15.1. The predicted octanol–water partition coefficient (Wildman–Crippen LogP) is 24.3. The van der Waals surface area contributed by atoms with E-state index in [0.29, 0.717) is 34.4 Å². The van der Waals surface area contributed by atoms with Gasteiger partial charge in [-0.15, -0.1) is 0 Å². The Bertz CT molecular complexity index is 4730. The molecule has 0 amide bonds. The van der Waals surface area contributed by atoms with Gasteiger partial charge in [0.25, 0.3) is 0 Å². The molecule has 13 rings (SSSR count). The Morgan fingerprint density at radius 1 is 0.250 bits per heavy atom. The zero-order valence-electron chi connectivity index (χ0n) is 60.6. The van der Waals surface area contributed by atoms with Crippen molar-refractivity contribution in [3.05, 3.63) is 202 Å². The smallest absolute Gasteiger partial charge is 0.104 e. The average Bonchev–Trinajstić information content (AvgIpc) is 1.58. The van der Waals surface area contributed by atoms with Crippen LogP contribution in [0, 0.1) is 11.3 Å². The van der Waals surface area contributed by atoms with Crippen molar-refractivity contribution < 1.29 is 1.37 Å². The fourth-order valence-corrected chi connectivity index (χ4v) is 14.2. The predicted molar refractivity (Wildman–Crippen MR) is 398 cm³/mol. The Morgan fingerprint density at radius 2 is 0.402 bits per heavy atom. The second-order valence-corrected chi connectivity index (χ2v) is 35.2. The lowest BCUT2D eigenvalue weighted by molar-refractivity contribution is 0.590. The minimum atomic E-state index is -0.156. The molecule has 5 heteroatoms. The molecule has 0 saturated carbocycles. The summed E-state index contributed by atoms with van der Waals surface area (Å²) >= 11 is 0. The highest BCUT2D eigenvalue weighted by Crippen LogP contribution is 2.50. The van der Waals surface area contributed by atoms with E-state index in [4.69, 9.17) is 0 Å². The topological polar surface area (TPSA) is 43.5 Å². The summed E-state index contributed by atoms with van der Waals surface area (Å²) in [4.78, 5) is 0. The molecule has 0 radical (unpaired) electrons. The van der Waals surface area contributed by atoms with Gasteiger partial charge in [0.15, 0.2) is 0 Å². The molecule has 470 valence electrons. The van der Waals surface area contributed by atoms with Crippen LogP contribution in [0.3, 0.4) is 0 Å². The number of rotatable bonds is 4. The molecule has 4 heterocycles. The molecule has 0 fully saturated rings. The third kappa shape index (κ3) is 10.1. The number of aromatic nitrogens is 4. The first kappa shape index (κ1) is 61.2. The van der Waals surface area contributed by atoms with Crippen molar-refractivity contribution in [3.8, 4) is 28.8 Å². The van der Waals surface area contributed by atoms with Crippen LogP contribution in [0.15, 0.2) is 152 Å². The van der Waals surface area contributed by atoms with Gasteiger partial charge in [-0.05, 0) is 191 Å². The Kier molecular flexibility index (Phi) is 13.5. The first-order valence-corrected chi connectivity index (χ1v) is 33.6. The van der Waals surface area contributed by atoms with E-state index in [1.54, 1.807) is 0 Å². The molecule has 9 aromatic carbocycles. The van der Waals surface area contributed by atoms with Crippen LogP contribution in [-0.4, -0.2) is 18.3 Å². The van der Waals surface area contributed by atoms with E-state index in [9.17, 15) is 6.63 Å². The van der Waals surface area contributed by atoms with Gasteiger partial charge in [-0.3, -0.25) is 0 Å². The molecule has 0 spiro atoms. The Labute approximate surface area is 549 Å². The Hall–Kier alpha value is -8.33. The van der Waals surface area contributed by atoms with Crippen LogP contribution in [0.2, 0.25) is 0 Å². The average molecular weight is 1210 g/mol. The molecule has 4 aromatic heterocycles. The fraction of sp³-hybridized carbons (Fsp3) is 0.368. The van der Waals surface area contributed by atoms with E-state index >= 15 is 0 Å². The third-order valence-electron chi connectivity index (χ3n) is 20.2. The normalized spacial score (nSPS) is 13.8. The van der Waals surface area contributed by atoms with Gasteiger partial charge >= 0.3 is 0 Å². The molecular formula is C87H97N5. The fourth-order valence-electron chi connectivity index (χ4n) is 14.2. The molecule has 0 N–H and O–H groups in total. The maximum absolute atomic E-state index is 13.3. The van der Waals surface area contributed by atoms with E-state index in [0.717, 1.165) is 87.2 Å². The SMILES string of the molecule is [2H]c1c(-n2c3ccc(C(C)(C)C)cc3c3cc(C(C)(C)C)ccc32)c(-n2c3ccc(C(C)(C)C)cc3c3cc(C(C)(C)C)ccc32)c(C#N)c(-n2c3ccc(C(C)(C)C)cc3c3cc(C(C)(C)C)ccc32)c1-n1c2ccc(C(C)(C)C)cc2c2cc(C(C)(C)C)ccc21. The molecule has 0 bridgehead atoms. The summed E-state index contributed by atoms with van der Waals surface area (Å²) in [7, 11) is 0. The van der Waals surface area contributed by atoms with Gasteiger partial charge in [-0.25, -0.2) is 0 Å². The van der Waals surface area contributed by atoms with Crippen LogP contribution in [0.1, 0.15) is 218 Å². The molecule has 5 nitrogen and oxygen atoms in total. The summed E-state index contributed by atoms with van der Waals surface area (Å²) in [5.74, 6) is 0. The van der Waals surface area contributed by atoms with Crippen molar-refractivity contribution in [2.24, 2.45) is 0 Å². The van der Waals surface area contributed by atoms with Crippen molar-refractivity contribution in [1.82, 2.24) is 18.3 Å². The van der Waals surface area contributed by atoms with Crippen molar-refractivity contribution in [3.63, 3.8) is 0 Å². The van der Waals surface area contributed by atoms with Crippen LogP contribution in [0.4, 0.5) is 0 Å². The summed E-state index contributed by atoms with van der Waals surface area (Å²) in [5, 5.41) is 22.2. The molecule has 0 aliphatic rings. The number of hydrogen-bond donors (Lipinski definition) is 0. The van der Waals surface area contributed by atoms with Crippen LogP contribution < -0.4 is 0 Å². The van der Waals surface area contributed by atoms with Gasteiger partial charge in [0.2, 0.25) is 0 Å². The third-order valence-corrected chi connectivity index (χ3v) is 20.2. The largest absolute Gasteiger partial charge is 0.307 e. The van der Waals surface area contributed by atoms with Gasteiger partial charge in [-0.1, -0.05) is 215 Å². The second kappa shape index (κ2) is 20.3. The van der Waals surface area contributed by atoms with Crippen molar-refractivity contribution in [2.75, 3.05) is 0 Å². The van der Waals surface area contributed by atoms with E-state index in [1.807, 2.05) is 0 Å². The highest BCUT2D eigenvalue weighted by Gasteiger charge is 2.34. The quantitative estimate of drug-likeness (QED) is 0.173. The molecule has 13 aromatic rings. The Balaban J connectivity index is 1.37. The molecule has 0 unspecified atom stereocenters. The van der Waals surface area contributed by atoms with Gasteiger partial charge < -0.3 is 18.3 Å². The summed E-state index contributed by atoms with van der Waals surface area (Å²) < 4.78 is 21.7. The minimum Gasteiger partial charge on any atom is -0.307 e. The van der Waals surface area contributed by atoms with Crippen LogP contribution in [0.25, 0.3) is 110 Å². The van der Waals surface area contributed by atoms with E-state index in [-0.39, 0.29) is 43.3 Å². The molecule has 0 aliphatic heterocycles. The van der Waals surface area contributed by atoms with Gasteiger partial charge in [0.05, 0.1) is 68.3 Å². The van der Waals surface area contributed by atoms with Crippen LogP contribution >= 0.6 is 0 Å². The maximum atomic E-state index is 13.3. The monoisotopic (exact) mass is 1210 g/mol. The number of fused-ring (bicyclic) bond motifs is 12. The molecule has 0 saturated heterocycles. The van der Waals surface area contributed by atoms with Crippen molar-refractivity contribution in [1.29, 1.82) is 5.26 Å². The lowest BCUT2D eigenvalue weighted by Gasteiger charge is -2.26. The van der Waals surface area contributed by atoms with Crippen LogP contribution in [0.5, 0.6) is 0 Å². The highest BCUT2D eigenvalue weighted by molar-refractivity contribution is 6.16. The van der Waals surface area contributed by atoms with Gasteiger partial charge in [-0.2, -0.15) is 5.26 Å². The summed E-state index contributed by atoms with van der Waals surface area (Å²) in [6.07, 6.45) is 0. The Morgan fingerprint density at radius 3 is 0.543 bits per heavy atom. The molecule has 92 heavy (non-hydrogen) atoms. The van der Waals surface area contributed by atoms with Crippen LogP contribution in [-0.2, 0) is 43.3 Å². The van der Waals surface area contributed by atoms with Gasteiger partial charge in [0, 0.05) is 43.1 Å². The van der Waals surface area contributed by atoms with E-state index in [2.05, 4.69) is 336 Å². The molecule has 0 atom stereocenters. The lowest BCUT2D eigenvalue weighted by atomic mass is 9.85. The second-order valence-electron chi connectivity index (χ2n) is 35.2. The molecule has 0 aliphatic carbocycles. The molecular weight excluding hydrogens is 1110 g/mol. The minimum absolute atomic E-state index is 0.153. The first-order valence-electron chi connectivity index (χ1n) is 34.1. The number of hydrogen-bond acceptors (Lipinski definition) is 1. The standard InChI is InChI=1S/C87H97N5/c1-80(2,3)51-25-33-68-59(41-51)60-42-52(81(4,5)6)26-34-69(60)89(68)76-49-77(90-70-35-27-53(82(7,8)9)43-61(70)62-44-54(83(10,11)12)28-36-71(62)90)79(92-74-39-31-57(86(19,20)21)47-65(74)66-48-58(87(22,23)24)32-40-75(66)92)67(50-88)78(76)91-72-37-29-55(84(13,14)15)45-63(72)64-46-56(85(16,17)18)30-38-73(64)91/h25-49H,1-24H3/i49D. The summed E-state index contributed by atoms with van der Waals surface area (Å²) in [6.45, 7) is 55.0. The van der Waals surface area contributed by atoms with Crippen molar-refractivity contribution in [2.45, 2.75) is 209 Å².